The zero-order valence-corrected chi connectivity index (χ0v) is 11.2. The predicted molar refractivity (Wildman–Crippen MR) is 76.5 cm³/mol. The van der Waals surface area contributed by atoms with Crippen molar-refractivity contribution in [3.05, 3.63) is 60.2 Å². The molecule has 0 heterocycles. The van der Waals surface area contributed by atoms with Gasteiger partial charge in [0.2, 0.25) is 0 Å². The molecule has 0 saturated heterocycles. The number of halogens is 1. The fraction of sp³-hybridized carbons (Fsp3) is 0.250. The summed E-state index contributed by atoms with van der Waals surface area (Å²) >= 11 is 3.57. The summed E-state index contributed by atoms with van der Waals surface area (Å²) in [5.74, 6) is 1.65. The zero-order chi connectivity index (χ0) is 11.7. The van der Waals surface area contributed by atoms with E-state index >= 15 is 0 Å². The SMILES string of the molecule is BrC[C@H]1C[C@@H]1c1ccc(-c2ccccc2)cc1. The first kappa shape index (κ1) is 11.0. The van der Waals surface area contributed by atoms with Crippen molar-refractivity contribution in [3.63, 3.8) is 0 Å². The van der Waals surface area contributed by atoms with Gasteiger partial charge in [-0.15, -0.1) is 0 Å². The third-order valence-corrected chi connectivity index (χ3v) is 4.40. The van der Waals surface area contributed by atoms with E-state index in [0.717, 1.165) is 17.2 Å². The standard InChI is InChI=1S/C16H15Br/c17-11-15-10-16(15)14-8-6-13(7-9-14)12-4-2-1-3-5-12/h1-9,15-16H,10-11H2/t15-,16-/m1/s1. The molecular formula is C16H15Br. The highest BCUT2D eigenvalue weighted by molar-refractivity contribution is 9.09. The van der Waals surface area contributed by atoms with Gasteiger partial charge in [0.25, 0.3) is 0 Å². The van der Waals surface area contributed by atoms with Crippen LogP contribution in [0, 0.1) is 5.92 Å². The molecule has 0 aromatic heterocycles. The molecule has 0 spiro atoms. The fourth-order valence-corrected chi connectivity index (χ4v) is 3.10. The Morgan fingerprint density at radius 2 is 1.53 bits per heavy atom. The van der Waals surface area contributed by atoms with E-state index in [2.05, 4.69) is 70.5 Å². The van der Waals surface area contributed by atoms with Crippen molar-refractivity contribution >= 4 is 15.9 Å². The van der Waals surface area contributed by atoms with Gasteiger partial charge in [0.1, 0.15) is 0 Å². The molecule has 86 valence electrons. The maximum absolute atomic E-state index is 3.57. The monoisotopic (exact) mass is 286 g/mol. The summed E-state index contributed by atoms with van der Waals surface area (Å²) in [6.07, 6.45) is 1.34. The van der Waals surface area contributed by atoms with Crippen molar-refractivity contribution in [1.29, 1.82) is 0 Å². The highest BCUT2D eigenvalue weighted by Gasteiger charge is 2.36. The molecule has 2 aromatic rings. The third-order valence-electron chi connectivity index (χ3n) is 3.57. The highest BCUT2D eigenvalue weighted by Crippen LogP contribution is 2.48. The molecule has 17 heavy (non-hydrogen) atoms. The van der Waals surface area contributed by atoms with E-state index in [0.29, 0.717) is 0 Å². The van der Waals surface area contributed by atoms with Gasteiger partial charge in [-0.05, 0) is 34.9 Å². The van der Waals surface area contributed by atoms with Crippen LogP contribution in [0.2, 0.25) is 0 Å². The van der Waals surface area contributed by atoms with Gasteiger partial charge < -0.3 is 0 Å². The minimum atomic E-state index is 0.791. The molecule has 0 N–H and O–H groups in total. The number of hydrogen-bond donors (Lipinski definition) is 0. The van der Waals surface area contributed by atoms with Gasteiger partial charge in [-0.1, -0.05) is 70.5 Å². The van der Waals surface area contributed by atoms with E-state index < -0.39 is 0 Å². The summed E-state index contributed by atoms with van der Waals surface area (Å²) < 4.78 is 0. The molecule has 1 aliphatic carbocycles. The lowest BCUT2D eigenvalue weighted by molar-refractivity contribution is 0.937. The van der Waals surface area contributed by atoms with Crippen molar-refractivity contribution in [2.45, 2.75) is 12.3 Å². The summed E-state index contributed by atoms with van der Waals surface area (Å²) in [6, 6.07) is 19.6. The molecule has 2 aromatic carbocycles. The minimum Gasteiger partial charge on any atom is -0.0925 e. The summed E-state index contributed by atoms with van der Waals surface area (Å²) in [5, 5.41) is 1.14. The average molecular weight is 287 g/mol. The van der Waals surface area contributed by atoms with E-state index in [4.69, 9.17) is 0 Å². The lowest BCUT2D eigenvalue weighted by atomic mass is 10.0. The number of hydrogen-bond acceptors (Lipinski definition) is 0. The van der Waals surface area contributed by atoms with Gasteiger partial charge in [0.15, 0.2) is 0 Å². The van der Waals surface area contributed by atoms with Crippen LogP contribution in [-0.2, 0) is 0 Å². The second-order valence-corrected chi connectivity index (χ2v) is 5.39. The Bertz CT molecular complexity index is 487. The van der Waals surface area contributed by atoms with Crippen molar-refractivity contribution in [2.24, 2.45) is 5.92 Å². The zero-order valence-electron chi connectivity index (χ0n) is 9.64. The minimum absolute atomic E-state index is 0.791. The normalized spacial score (nSPS) is 22.4. The first-order chi connectivity index (χ1) is 8.38. The van der Waals surface area contributed by atoms with Crippen LogP contribution in [-0.4, -0.2) is 5.33 Å². The molecule has 0 radical (unpaired) electrons. The molecule has 2 atom stereocenters. The van der Waals surface area contributed by atoms with Gasteiger partial charge in [-0.2, -0.15) is 0 Å². The molecule has 3 rings (SSSR count). The van der Waals surface area contributed by atoms with E-state index in [9.17, 15) is 0 Å². The Morgan fingerprint density at radius 1 is 0.882 bits per heavy atom. The van der Waals surface area contributed by atoms with Crippen LogP contribution in [0.15, 0.2) is 54.6 Å². The van der Waals surface area contributed by atoms with Crippen LogP contribution in [0.5, 0.6) is 0 Å². The van der Waals surface area contributed by atoms with Crippen LogP contribution in [0.4, 0.5) is 0 Å². The first-order valence-corrected chi connectivity index (χ1v) is 7.22. The maximum Gasteiger partial charge on any atom is 0.00657 e. The van der Waals surface area contributed by atoms with E-state index in [1.807, 2.05) is 0 Å². The quantitative estimate of drug-likeness (QED) is 0.708. The summed E-state index contributed by atoms with van der Waals surface area (Å²) in [7, 11) is 0. The third kappa shape index (κ3) is 2.30. The smallest absolute Gasteiger partial charge is 0.00657 e. The molecule has 0 unspecified atom stereocenters. The van der Waals surface area contributed by atoms with Gasteiger partial charge >= 0.3 is 0 Å². The van der Waals surface area contributed by atoms with Crippen LogP contribution < -0.4 is 0 Å². The topological polar surface area (TPSA) is 0 Å². The molecule has 0 nitrogen and oxygen atoms in total. The summed E-state index contributed by atoms with van der Waals surface area (Å²) in [5.41, 5.74) is 4.10. The molecular weight excluding hydrogens is 272 g/mol. The molecule has 1 saturated carbocycles. The lowest BCUT2D eigenvalue weighted by Crippen LogP contribution is -1.85. The van der Waals surface area contributed by atoms with Gasteiger partial charge in [0, 0.05) is 5.33 Å². The molecule has 1 heteroatoms. The molecule has 0 bridgehead atoms. The molecule has 0 amide bonds. The molecule has 1 fully saturated rings. The van der Waals surface area contributed by atoms with Crippen molar-refractivity contribution in [2.75, 3.05) is 5.33 Å². The Morgan fingerprint density at radius 3 is 2.12 bits per heavy atom. The Labute approximate surface area is 111 Å². The van der Waals surface area contributed by atoms with Gasteiger partial charge in [-0.25, -0.2) is 0 Å². The van der Waals surface area contributed by atoms with Gasteiger partial charge in [-0.3, -0.25) is 0 Å². The van der Waals surface area contributed by atoms with Crippen molar-refractivity contribution < 1.29 is 0 Å². The largest absolute Gasteiger partial charge is 0.0925 e. The number of benzene rings is 2. The second-order valence-electron chi connectivity index (χ2n) is 4.74. The molecule has 1 aliphatic rings. The fourth-order valence-electron chi connectivity index (χ4n) is 2.38. The average Bonchev–Trinajstić information content (AvgIpc) is 3.19. The number of rotatable bonds is 3. The highest BCUT2D eigenvalue weighted by atomic mass is 79.9. The van der Waals surface area contributed by atoms with Gasteiger partial charge in [0.05, 0.1) is 0 Å². The van der Waals surface area contributed by atoms with Crippen molar-refractivity contribution in [1.82, 2.24) is 0 Å². The Balaban J connectivity index is 1.82. The first-order valence-electron chi connectivity index (χ1n) is 6.10. The summed E-state index contributed by atoms with van der Waals surface area (Å²) in [6.45, 7) is 0. The number of alkyl halides is 1. The molecule has 0 aliphatic heterocycles. The Hall–Kier alpha value is -1.08. The van der Waals surface area contributed by atoms with Crippen LogP contribution in [0.1, 0.15) is 17.9 Å². The van der Waals surface area contributed by atoms with E-state index in [-0.39, 0.29) is 0 Å². The van der Waals surface area contributed by atoms with Crippen LogP contribution in [0.25, 0.3) is 11.1 Å². The predicted octanol–water partition coefficient (Wildman–Crippen LogP) is 4.85. The van der Waals surface area contributed by atoms with Crippen LogP contribution >= 0.6 is 15.9 Å². The van der Waals surface area contributed by atoms with Crippen LogP contribution in [0.3, 0.4) is 0 Å². The maximum atomic E-state index is 3.57. The lowest BCUT2D eigenvalue weighted by Gasteiger charge is -2.03. The summed E-state index contributed by atoms with van der Waals surface area (Å²) in [4.78, 5) is 0. The van der Waals surface area contributed by atoms with E-state index in [1.54, 1.807) is 0 Å². The van der Waals surface area contributed by atoms with Crippen molar-refractivity contribution in [3.8, 4) is 11.1 Å². The second kappa shape index (κ2) is 4.66. The van der Waals surface area contributed by atoms with E-state index in [1.165, 1.54) is 23.1 Å². The Kier molecular flexibility index (Phi) is 3.02.